The highest BCUT2D eigenvalue weighted by molar-refractivity contribution is 5.88. The van der Waals surface area contributed by atoms with E-state index in [1.807, 2.05) is 90.0 Å². The minimum absolute atomic E-state index is 0.0193. The first-order chi connectivity index (χ1) is 23.6. The maximum Gasteiger partial charge on any atom is 0.242 e. The van der Waals surface area contributed by atoms with E-state index < -0.39 is 0 Å². The van der Waals surface area contributed by atoms with Crippen molar-refractivity contribution >= 4 is 28.4 Å². The van der Waals surface area contributed by atoms with Crippen LogP contribution in [0.1, 0.15) is 16.9 Å². The molecule has 1 atom stereocenters. The zero-order valence-corrected chi connectivity index (χ0v) is 26.6. The Morgan fingerprint density at radius 2 is 1.79 bits per heavy atom. The number of ether oxygens (including phenoxy) is 1. The molecule has 12 heteroatoms. The molecule has 0 bridgehead atoms. The zero-order chi connectivity index (χ0) is 32.7. The first-order valence-electron chi connectivity index (χ1n) is 16.2. The summed E-state index contributed by atoms with van der Waals surface area (Å²) in [6, 6.07) is 25.7. The molecule has 0 radical (unpaired) electrons. The van der Waals surface area contributed by atoms with Crippen molar-refractivity contribution < 1.29 is 18.8 Å². The molecule has 2 aliphatic rings. The van der Waals surface area contributed by atoms with E-state index in [2.05, 4.69) is 30.7 Å². The number of anilines is 1. The maximum atomic E-state index is 13.6. The number of piperazine rings is 1. The summed E-state index contributed by atoms with van der Waals surface area (Å²) in [6.07, 6.45) is 3.24. The maximum absolute atomic E-state index is 13.6. The fourth-order valence-corrected chi connectivity index (χ4v) is 6.15. The van der Waals surface area contributed by atoms with Crippen LogP contribution in [0.15, 0.2) is 95.8 Å². The van der Waals surface area contributed by atoms with Crippen molar-refractivity contribution in [1.82, 2.24) is 35.6 Å². The van der Waals surface area contributed by atoms with E-state index >= 15 is 0 Å². The summed E-state index contributed by atoms with van der Waals surface area (Å²) < 4.78 is 11.0. The molecule has 0 aliphatic carbocycles. The molecule has 246 valence electrons. The van der Waals surface area contributed by atoms with Crippen LogP contribution in [0, 0.1) is 0 Å². The number of rotatable bonds is 11. The molecular weight excluding hydrogens is 608 g/mol. The normalized spacial score (nSPS) is 16.9. The second-order valence-electron chi connectivity index (χ2n) is 11.9. The van der Waals surface area contributed by atoms with Crippen LogP contribution in [-0.4, -0.2) is 88.8 Å². The Morgan fingerprint density at radius 3 is 2.62 bits per heavy atom. The number of carbonyl (C=O) groups is 2. The van der Waals surface area contributed by atoms with Crippen molar-refractivity contribution in [2.24, 2.45) is 0 Å². The van der Waals surface area contributed by atoms with Crippen LogP contribution >= 0.6 is 0 Å². The van der Waals surface area contributed by atoms with Crippen molar-refractivity contribution in [3.05, 3.63) is 108 Å². The van der Waals surface area contributed by atoms with Gasteiger partial charge >= 0.3 is 0 Å². The van der Waals surface area contributed by atoms with Gasteiger partial charge in [0, 0.05) is 43.8 Å². The van der Waals surface area contributed by atoms with Gasteiger partial charge in [-0.2, -0.15) is 0 Å². The third-order valence-corrected chi connectivity index (χ3v) is 8.75. The molecule has 7 rings (SSSR count). The summed E-state index contributed by atoms with van der Waals surface area (Å²) in [4.78, 5) is 41.7. The predicted octanol–water partition coefficient (Wildman–Crippen LogP) is 3.20. The van der Waals surface area contributed by atoms with E-state index in [9.17, 15) is 9.59 Å². The number of nitrogens with zero attached hydrogens (tertiary/aromatic N) is 6. The molecule has 2 amide bonds. The molecule has 3 aromatic heterocycles. The lowest BCUT2D eigenvalue weighted by atomic mass is 10.1. The fraction of sp³-hybridized carbons (Fsp3) is 0.306. The topological polar surface area (TPSA) is 129 Å². The highest BCUT2D eigenvalue weighted by Crippen LogP contribution is 2.23. The highest BCUT2D eigenvalue weighted by Gasteiger charge is 2.35. The minimum atomic E-state index is -0.367. The van der Waals surface area contributed by atoms with Crippen LogP contribution in [0.3, 0.4) is 0 Å². The van der Waals surface area contributed by atoms with E-state index in [4.69, 9.17) is 9.26 Å². The monoisotopic (exact) mass is 646 g/mol. The summed E-state index contributed by atoms with van der Waals surface area (Å²) in [5, 5.41) is 11.9. The zero-order valence-electron chi connectivity index (χ0n) is 26.6. The molecule has 5 aromatic rings. The number of hydrogen-bond acceptors (Lipinski definition) is 10. The SMILES string of the molecule is O=C1CN(C(=O)CNCc2cc(-c3ccc(N4CCOCC4)cn3)no2)C(NCc2ccccc2)CN1Cc1cccc2ncccc12. The Kier molecular flexibility index (Phi) is 9.64. The molecule has 5 heterocycles. The average molecular weight is 647 g/mol. The molecule has 0 spiro atoms. The first kappa shape index (κ1) is 31.4. The molecular formula is C36H38N8O4. The van der Waals surface area contributed by atoms with Crippen LogP contribution in [-0.2, 0) is 34.0 Å². The fourth-order valence-electron chi connectivity index (χ4n) is 6.15. The van der Waals surface area contributed by atoms with Gasteiger partial charge in [-0.25, -0.2) is 0 Å². The minimum Gasteiger partial charge on any atom is -0.378 e. The number of morpholine rings is 1. The average Bonchev–Trinajstić information content (AvgIpc) is 3.61. The predicted molar refractivity (Wildman–Crippen MR) is 180 cm³/mol. The van der Waals surface area contributed by atoms with Gasteiger partial charge in [0.1, 0.15) is 18.4 Å². The number of amides is 2. The van der Waals surface area contributed by atoms with Crippen molar-refractivity contribution in [2.75, 3.05) is 50.8 Å². The third kappa shape index (κ3) is 7.36. The van der Waals surface area contributed by atoms with E-state index in [0.29, 0.717) is 56.5 Å². The Bertz CT molecular complexity index is 1840. The van der Waals surface area contributed by atoms with Gasteiger partial charge in [-0.1, -0.05) is 53.7 Å². The standard InChI is InChI=1S/C36H38N8O4/c45-35(22-37-21-29-18-33(41-48-29)32-12-11-28(20-39-32)42-14-16-47-17-15-42)44-25-36(46)43(24-34(44)40-19-26-6-2-1-3-7-26)23-27-8-4-10-31-30(27)9-5-13-38-31/h1-13,18,20,34,37,40H,14-17,19,21-25H2. The van der Waals surface area contributed by atoms with Crippen molar-refractivity contribution in [2.45, 2.75) is 25.8 Å². The summed E-state index contributed by atoms with van der Waals surface area (Å²) in [5.74, 6) is 0.304. The summed E-state index contributed by atoms with van der Waals surface area (Å²) in [7, 11) is 0. The van der Waals surface area contributed by atoms with Crippen LogP contribution < -0.4 is 15.5 Å². The van der Waals surface area contributed by atoms with Crippen LogP contribution in [0.5, 0.6) is 0 Å². The summed E-state index contributed by atoms with van der Waals surface area (Å²) in [6.45, 7) is 4.79. The van der Waals surface area contributed by atoms with Gasteiger partial charge in [-0.3, -0.25) is 24.9 Å². The Hall–Kier alpha value is -5.17. The van der Waals surface area contributed by atoms with Crippen molar-refractivity contribution in [3.8, 4) is 11.4 Å². The van der Waals surface area contributed by atoms with E-state index in [1.54, 1.807) is 11.1 Å². The van der Waals surface area contributed by atoms with Gasteiger partial charge in [-0.15, -0.1) is 0 Å². The molecule has 2 aliphatic heterocycles. The number of fused-ring (bicyclic) bond motifs is 1. The van der Waals surface area contributed by atoms with Crippen molar-refractivity contribution in [3.63, 3.8) is 0 Å². The molecule has 2 aromatic carbocycles. The van der Waals surface area contributed by atoms with Gasteiger partial charge in [0.25, 0.3) is 0 Å². The van der Waals surface area contributed by atoms with E-state index in [0.717, 1.165) is 40.8 Å². The van der Waals surface area contributed by atoms with Gasteiger partial charge in [0.2, 0.25) is 11.8 Å². The van der Waals surface area contributed by atoms with E-state index in [1.165, 1.54) is 0 Å². The van der Waals surface area contributed by atoms with Crippen LogP contribution in [0.2, 0.25) is 0 Å². The first-order valence-corrected chi connectivity index (χ1v) is 16.2. The van der Waals surface area contributed by atoms with Gasteiger partial charge in [-0.05, 0) is 35.4 Å². The number of carbonyl (C=O) groups excluding carboxylic acids is 2. The quantitative estimate of drug-likeness (QED) is 0.221. The lowest BCUT2D eigenvalue weighted by Gasteiger charge is -2.41. The number of nitrogens with one attached hydrogen (secondary N) is 2. The third-order valence-electron chi connectivity index (χ3n) is 8.75. The van der Waals surface area contributed by atoms with Crippen molar-refractivity contribution in [1.29, 1.82) is 0 Å². The molecule has 2 saturated heterocycles. The number of aromatic nitrogens is 3. The Balaban J connectivity index is 0.979. The van der Waals surface area contributed by atoms with E-state index in [-0.39, 0.29) is 31.1 Å². The lowest BCUT2D eigenvalue weighted by molar-refractivity contribution is -0.150. The van der Waals surface area contributed by atoms with Gasteiger partial charge in [0.15, 0.2) is 5.76 Å². The summed E-state index contributed by atoms with van der Waals surface area (Å²) >= 11 is 0. The molecule has 48 heavy (non-hydrogen) atoms. The lowest BCUT2D eigenvalue weighted by Crippen LogP contribution is -2.63. The Morgan fingerprint density at radius 1 is 0.917 bits per heavy atom. The largest absolute Gasteiger partial charge is 0.378 e. The Labute approximate surface area is 278 Å². The number of pyridine rings is 2. The van der Waals surface area contributed by atoms with Gasteiger partial charge in [0.05, 0.1) is 55.9 Å². The van der Waals surface area contributed by atoms with Crippen LogP contribution in [0.25, 0.3) is 22.3 Å². The van der Waals surface area contributed by atoms with Crippen LogP contribution in [0.4, 0.5) is 5.69 Å². The molecule has 2 fully saturated rings. The molecule has 0 saturated carbocycles. The molecule has 12 nitrogen and oxygen atoms in total. The summed E-state index contributed by atoms with van der Waals surface area (Å²) in [5.41, 5.74) is 5.39. The molecule has 1 unspecified atom stereocenters. The second kappa shape index (κ2) is 14.7. The van der Waals surface area contributed by atoms with Gasteiger partial charge < -0.3 is 29.3 Å². The molecule has 2 N–H and O–H groups in total. The second-order valence-corrected chi connectivity index (χ2v) is 11.9. The smallest absolute Gasteiger partial charge is 0.242 e. The highest BCUT2D eigenvalue weighted by atomic mass is 16.5. The number of hydrogen-bond donors (Lipinski definition) is 2. The number of benzene rings is 2.